The summed E-state index contributed by atoms with van der Waals surface area (Å²) < 4.78 is 0. The van der Waals surface area contributed by atoms with Crippen LogP contribution in [-0.2, 0) is 0 Å². The summed E-state index contributed by atoms with van der Waals surface area (Å²) in [5, 5.41) is 9.78. The summed E-state index contributed by atoms with van der Waals surface area (Å²) in [7, 11) is 0. The van der Waals surface area contributed by atoms with Crippen molar-refractivity contribution in [3.8, 4) is 0 Å². The summed E-state index contributed by atoms with van der Waals surface area (Å²) in [5.74, 6) is 0. The van der Waals surface area contributed by atoms with E-state index < -0.39 is 5.60 Å². The fraction of sp³-hybridized carbons (Fsp3) is 0.571. The Kier molecular flexibility index (Phi) is 4.82. The Balaban J connectivity index is 2.71. The van der Waals surface area contributed by atoms with E-state index in [0.29, 0.717) is 0 Å². The van der Waals surface area contributed by atoms with Gasteiger partial charge in [-0.25, -0.2) is 0 Å². The number of aliphatic hydroxyl groups is 1. The summed E-state index contributed by atoms with van der Waals surface area (Å²) >= 11 is 0. The van der Waals surface area contributed by atoms with Crippen LogP contribution in [0.4, 0.5) is 11.4 Å². The molecule has 1 rings (SSSR count). The van der Waals surface area contributed by atoms with Gasteiger partial charge >= 0.3 is 0 Å². The maximum atomic E-state index is 9.78. The normalized spacial score (nSPS) is 11.5. The molecule has 3 nitrogen and oxygen atoms in total. The quantitative estimate of drug-likeness (QED) is 0.747. The van der Waals surface area contributed by atoms with E-state index in [1.807, 2.05) is 32.0 Å². The molecule has 0 radical (unpaired) electrons. The average Bonchev–Trinajstić information content (AvgIpc) is 2.23. The third-order valence-corrected chi connectivity index (χ3v) is 2.72. The first kappa shape index (κ1) is 13.8. The van der Waals surface area contributed by atoms with Crippen molar-refractivity contribution in [2.75, 3.05) is 23.7 Å². The number of nitrogens with zero attached hydrogens (tertiary/aromatic N) is 1. The Labute approximate surface area is 104 Å². The summed E-state index contributed by atoms with van der Waals surface area (Å²) in [4.78, 5) is 2.27. The van der Waals surface area contributed by atoms with Crippen molar-refractivity contribution in [3.63, 3.8) is 0 Å². The minimum Gasteiger partial charge on any atom is -0.399 e. The van der Waals surface area contributed by atoms with Gasteiger partial charge in [-0.2, -0.15) is 0 Å². The second-order valence-electron chi connectivity index (χ2n) is 5.14. The van der Waals surface area contributed by atoms with Gasteiger partial charge < -0.3 is 15.7 Å². The minimum atomic E-state index is -0.619. The fourth-order valence-electron chi connectivity index (χ4n) is 1.77. The molecule has 0 saturated heterocycles. The third-order valence-electron chi connectivity index (χ3n) is 2.72. The molecule has 0 atom stereocenters. The SMILES string of the molecule is CCCN(CCC(C)(C)O)c1cccc(N)c1. The van der Waals surface area contributed by atoms with Gasteiger partial charge in [0.2, 0.25) is 0 Å². The maximum Gasteiger partial charge on any atom is 0.0608 e. The van der Waals surface area contributed by atoms with E-state index in [1.54, 1.807) is 0 Å². The van der Waals surface area contributed by atoms with Gasteiger partial charge in [-0.05, 0) is 44.9 Å². The van der Waals surface area contributed by atoms with Crippen LogP contribution < -0.4 is 10.6 Å². The van der Waals surface area contributed by atoms with Crippen LogP contribution in [0.25, 0.3) is 0 Å². The summed E-state index contributed by atoms with van der Waals surface area (Å²) in [6.45, 7) is 7.68. The monoisotopic (exact) mass is 236 g/mol. The van der Waals surface area contributed by atoms with Gasteiger partial charge in [0, 0.05) is 24.5 Å². The molecule has 0 saturated carbocycles. The van der Waals surface area contributed by atoms with Crippen LogP contribution in [0.15, 0.2) is 24.3 Å². The van der Waals surface area contributed by atoms with Gasteiger partial charge in [-0.3, -0.25) is 0 Å². The number of anilines is 2. The zero-order valence-electron chi connectivity index (χ0n) is 11.1. The Hall–Kier alpha value is -1.22. The second kappa shape index (κ2) is 5.92. The van der Waals surface area contributed by atoms with Crippen LogP contribution in [-0.4, -0.2) is 23.8 Å². The van der Waals surface area contributed by atoms with E-state index in [0.717, 1.165) is 37.3 Å². The summed E-state index contributed by atoms with van der Waals surface area (Å²) in [6, 6.07) is 7.91. The Morgan fingerprint density at radius 2 is 2.00 bits per heavy atom. The van der Waals surface area contributed by atoms with Crippen molar-refractivity contribution >= 4 is 11.4 Å². The van der Waals surface area contributed by atoms with Gasteiger partial charge in [-0.1, -0.05) is 13.0 Å². The second-order valence-corrected chi connectivity index (χ2v) is 5.14. The van der Waals surface area contributed by atoms with Crippen LogP contribution in [0.2, 0.25) is 0 Å². The van der Waals surface area contributed by atoms with Crippen molar-refractivity contribution in [2.45, 2.75) is 39.2 Å². The summed E-state index contributed by atoms with van der Waals surface area (Å²) in [6.07, 6.45) is 1.84. The summed E-state index contributed by atoms with van der Waals surface area (Å²) in [5.41, 5.74) is 7.10. The average molecular weight is 236 g/mol. The molecule has 0 aliphatic carbocycles. The molecule has 0 spiro atoms. The highest BCUT2D eigenvalue weighted by molar-refractivity contribution is 5.55. The van der Waals surface area contributed by atoms with Gasteiger partial charge in [0.1, 0.15) is 0 Å². The lowest BCUT2D eigenvalue weighted by Gasteiger charge is -2.28. The molecule has 96 valence electrons. The highest BCUT2D eigenvalue weighted by Crippen LogP contribution is 2.19. The lowest BCUT2D eigenvalue weighted by molar-refractivity contribution is 0.0731. The van der Waals surface area contributed by atoms with Crippen molar-refractivity contribution in [2.24, 2.45) is 0 Å². The first-order valence-corrected chi connectivity index (χ1v) is 6.25. The van der Waals surface area contributed by atoms with Gasteiger partial charge in [-0.15, -0.1) is 0 Å². The van der Waals surface area contributed by atoms with Crippen LogP contribution >= 0.6 is 0 Å². The van der Waals surface area contributed by atoms with Gasteiger partial charge in [0.05, 0.1) is 5.60 Å². The van der Waals surface area contributed by atoms with Gasteiger partial charge in [0.25, 0.3) is 0 Å². The lowest BCUT2D eigenvalue weighted by Crippen LogP contribution is -2.31. The van der Waals surface area contributed by atoms with Crippen LogP contribution in [0.1, 0.15) is 33.6 Å². The molecule has 17 heavy (non-hydrogen) atoms. The molecule has 0 fully saturated rings. The topological polar surface area (TPSA) is 49.5 Å². The predicted molar refractivity (Wildman–Crippen MR) is 74.3 cm³/mol. The van der Waals surface area contributed by atoms with Crippen LogP contribution in [0.5, 0.6) is 0 Å². The molecular formula is C14H24N2O. The molecule has 0 unspecified atom stereocenters. The van der Waals surface area contributed by atoms with Crippen LogP contribution in [0.3, 0.4) is 0 Å². The molecule has 0 aliphatic rings. The van der Waals surface area contributed by atoms with E-state index in [4.69, 9.17) is 5.73 Å². The van der Waals surface area contributed by atoms with E-state index >= 15 is 0 Å². The first-order chi connectivity index (χ1) is 7.92. The molecular weight excluding hydrogens is 212 g/mol. The molecule has 0 bridgehead atoms. The highest BCUT2D eigenvalue weighted by Gasteiger charge is 2.15. The zero-order chi connectivity index (χ0) is 12.9. The maximum absolute atomic E-state index is 9.78. The number of nitrogens with two attached hydrogens (primary N) is 1. The largest absolute Gasteiger partial charge is 0.399 e. The molecule has 3 N–H and O–H groups in total. The lowest BCUT2D eigenvalue weighted by atomic mass is 10.1. The van der Waals surface area contributed by atoms with Crippen molar-refractivity contribution in [3.05, 3.63) is 24.3 Å². The Morgan fingerprint density at radius 3 is 2.53 bits per heavy atom. The molecule has 1 aromatic rings. The first-order valence-electron chi connectivity index (χ1n) is 6.25. The molecule has 0 aliphatic heterocycles. The van der Waals surface area contributed by atoms with Crippen molar-refractivity contribution in [1.29, 1.82) is 0 Å². The highest BCUT2D eigenvalue weighted by atomic mass is 16.3. The Morgan fingerprint density at radius 1 is 1.29 bits per heavy atom. The molecule has 1 aromatic carbocycles. The van der Waals surface area contributed by atoms with Crippen molar-refractivity contribution in [1.82, 2.24) is 0 Å². The number of hydrogen-bond acceptors (Lipinski definition) is 3. The standard InChI is InChI=1S/C14H24N2O/c1-4-9-16(10-8-14(2,3)17)13-7-5-6-12(15)11-13/h5-7,11,17H,4,8-10,15H2,1-3H3. The molecule has 0 aromatic heterocycles. The number of rotatable bonds is 6. The van der Waals surface area contributed by atoms with Crippen molar-refractivity contribution < 1.29 is 5.11 Å². The van der Waals surface area contributed by atoms with E-state index in [2.05, 4.69) is 17.9 Å². The minimum absolute atomic E-state index is 0.619. The Bertz CT molecular complexity index is 344. The van der Waals surface area contributed by atoms with E-state index in [1.165, 1.54) is 0 Å². The number of nitrogen functional groups attached to an aromatic ring is 1. The zero-order valence-corrected chi connectivity index (χ0v) is 11.1. The van der Waals surface area contributed by atoms with E-state index in [-0.39, 0.29) is 0 Å². The number of hydrogen-bond donors (Lipinski definition) is 2. The van der Waals surface area contributed by atoms with Crippen LogP contribution in [0, 0.1) is 0 Å². The molecule has 3 heteroatoms. The smallest absolute Gasteiger partial charge is 0.0608 e. The number of benzene rings is 1. The van der Waals surface area contributed by atoms with E-state index in [9.17, 15) is 5.11 Å². The molecule has 0 amide bonds. The molecule has 0 heterocycles. The third kappa shape index (κ3) is 5.09. The van der Waals surface area contributed by atoms with Gasteiger partial charge in [0.15, 0.2) is 0 Å². The fourth-order valence-corrected chi connectivity index (χ4v) is 1.77. The predicted octanol–water partition coefficient (Wildman–Crippen LogP) is 2.65.